The lowest BCUT2D eigenvalue weighted by Gasteiger charge is -2.16. The van der Waals surface area contributed by atoms with Crippen molar-refractivity contribution in [3.05, 3.63) is 0 Å². The summed E-state index contributed by atoms with van der Waals surface area (Å²) in [5.41, 5.74) is 0. The van der Waals surface area contributed by atoms with E-state index in [4.69, 9.17) is 4.74 Å². The highest BCUT2D eigenvalue weighted by molar-refractivity contribution is 4.70. The molecule has 84 valence electrons. The summed E-state index contributed by atoms with van der Waals surface area (Å²) in [7, 11) is 1.59. The SMILES string of the molecule is CNC(CCCC1CCCO1)C(F)F. The number of hydrogen-bond donors (Lipinski definition) is 1. The Bertz CT molecular complexity index is 149. The van der Waals surface area contributed by atoms with Gasteiger partial charge in [0.2, 0.25) is 0 Å². The second kappa shape index (κ2) is 6.30. The zero-order valence-electron chi connectivity index (χ0n) is 8.64. The molecule has 2 unspecified atom stereocenters. The van der Waals surface area contributed by atoms with Crippen molar-refractivity contribution in [2.45, 2.75) is 50.7 Å². The molecule has 1 saturated heterocycles. The van der Waals surface area contributed by atoms with Gasteiger partial charge in [-0.3, -0.25) is 0 Å². The normalized spacial score (nSPS) is 24.4. The van der Waals surface area contributed by atoms with E-state index in [-0.39, 0.29) is 0 Å². The Balaban J connectivity index is 2.06. The predicted octanol–water partition coefficient (Wildman–Crippen LogP) is 2.19. The van der Waals surface area contributed by atoms with Crippen LogP contribution < -0.4 is 5.32 Å². The minimum atomic E-state index is -2.26. The van der Waals surface area contributed by atoms with Gasteiger partial charge in [-0.25, -0.2) is 8.78 Å². The number of hydrogen-bond acceptors (Lipinski definition) is 2. The minimum absolute atomic E-state index is 0.324. The summed E-state index contributed by atoms with van der Waals surface area (Å²) in [5, 5.41) is 2.64. The van der Waals surface area contributed by atoms with E-state index in [0.717, 1.165) is 32.3 Å². The van der Waals surface area contributed by atoms with Crippen molar-refractivity contribution in [2.75, 3.05) is 13.7 Å². The first-order valence-corrected chi connectivity index (χ1v) is 5.31. The van der Waals surface area contributed by atoms with Crippen LogP contribution in [0.2, 0.25) is 0 Å². The fraction of sp³-hybridized carbons (Fsp3) is 1.00. The Kier molecular flexibility index (Phi) is 5.33. The summed E-state index contributed by atoms with van der Waals surface area (Å²) in [4.78, 5) is 0. The van der Waals surface area contributed by atoms with Gasteiger partial charge in [-0.05, 0) is 39.2 Å². The molecule has 1 fully saturated rings. The quantitative estimate of drug-likeness (QED) is 0.721. The van der Waals surface area contributed by atoms with Gasteiger partial charge in [-0.1, -0.05) is 0 Å². The number of halogens is 2. The van der Waals surface area contributed by atoms with Gasteiger partial charge >= 0.3 is 0 Å². The molecule has 0 spiro atoms. The molecule has 0 aromatic heterocycles. The Morgan fingerprint density at radius 1 is 1.50 bits per heavy atom. The van der Waals surface area contributed by atoms with Gasteiger partial charge in [0.25, 0.3) is 6.43 Å². The lowest BCUT2D eigenvalue weighted by Crippen LogP contribution is -2.32. The third-order valence-electron chi connectivity index (χ3n) is 2.74. The largest absolute Gasteiger partial charge is 0.378 e. The first-order chi connectivity index (χ1) is 6.74. The third kappa shape index (κ3) is 3.88. The predicted molar refractivity (Wildman–Crippen MR) is 51.7 cm³/mol. The van der Waals surface area contributed by atoms with Gasteiger partial charge in [0.15, 0.2) is 0 Å². The molecule has 1 heterocycles. The molecule has 1 aliphatic heterocycles. The first-order valence-electron chi connectivity index (χ1n) is 5.31. The average Bonchev–Trinajstić information content (AvgIpc) is 2.64. The van der Waals surface area contributed by atoms with Crippen molar-refractivity contribution in [1.82, 2.24) is 5.32 Å². The zero-order chi connectivity index (χ0) is 10.4. The van der Waals surface area contributed by atoms with E-state index >= 15 is 0 Å². The summed E-state index contributed by atoms with van der Waals surface area (Å²) in [6.45, 7) is 0.842. The van der Waals surface area contributed by atoms with E-state index in [1.54, 1.807) is 7.05 Å². The topological polar surface area (TPSA) is 21.3 Å². The fourth-order valence-electron chi connectivity index (χ4n) is 1.83. The Morgan fingerprint density at radius 2 is 2.29 bits per heavy atom. The van der Waals surface area contributed by atoms with E-state index in [0.29, 0.717) is 12.5 Å². The lowest BCUT2D eigenvalue weighted by atomic mass is 10.1. The van der Waals surface area contributed by atoms with Crippen LogP contribution in [0.4, 0.5) is 8.78 Å². The number of alkyl halides is 2. The zero-order valence-corrected chi connectivity index (χ0v) is 8.64. The van der Waals surface area contributed by atoms with Crippen LogP contribution in [0.1, 0.15) is 32.1 Å². The van der Waals surface area contributed by atoms with Crippen LogP contribution in [0.5, 0.6) is 0 Å². The van der Waals surface area contributed by atoms with E-state index in [1.807, 2.05) is 0 Å². The van der Waals surface area contributed by atoms with Gasteiger partial charge in [0, 0.05) is 6.61 Å². The minimum Gasteiger partial charge on any atom is -0.378 e. The van der Waals surface area contributed by atoms with Crippen LogP contribution in [-0.2, 0) is 4.74 Å². The third-order valence-corrected chi connectivity index (χ3v) is 2.74. The molecule has 0 aliphatic carbocycles. The molecule has 0 radical (unpaired) electrons. The average molecular weight is 207 g/mol. The molecule has 2 atom stereocenters. The molecule has 0 aromatic carbocycles. The highest BCUT2D eigenvalue weighted by Gasteiger charge is 2.19. The molecule has 1 rings (SSSR count). The summed E-state index contributed by atoms with van der Waals surface area (Å²) >= 11 is 0. The molecular formula is C10H19F2NO. The highest BCUT2D eigenvalue weighted by Crippen LogP contribution is 2.19. The number of ether oxygens (including phenoxy) is 1. The van der Waals surface area contributed by atoms with Gasteiger partial charge in [0.05, 0.1) is 12.1 Å². The maximum Gasteiger partial charge on any atom is 0.253 e. The standard InChI is InChI=1S/C10H19F2NO/c1-13-9(10(11)12)6-2-4-8-5-3-7-14-8/h8-10,13H,2-7H2,1H3. The molecule has 1 aliphatic rings. The molecule has 2 nitrogen and oxygen atoms in total. The van der Waals surface area contributed by atoms with Crippen LogP contribution in [0, 0.1) is 0 Å². The molecule has 0 amide bonds. The van der Waals surface area contributed by atoms with Crippen molar-refractivity contribution < 1.29 is 13.5 Å². The second-order valence-electron chi connectivity index (χ2n) is 3.80. The Labute approximate surface area is 84.0 Å². The molecule has 0 bridgehead atoms. The van der Waals surface area contributed by atoms with Gasteiger partial charge in [0.1, 0.15) is 0 Å². The van der Waals surface area contributed by atoms with E-state index < -0.39 is 12.5 Å². The smallest absolute Gasteiger partial charge is 0.253 e. The Morgan fingerprint density at radius 3 is 2.79 bits per heavy atom. The molecule has 0 saturated carbocycles. The number of rotatable bonds is 6. The maximum atomic E-state index is 12.3. The van der Waals surface area contributed by atoms with E-state index in [1.165, 1.54) is 0 Å². The summed E-state index contributed by atoms with van der Waals surface area (Å²) in [5.74, 6) is 0. The maximum absolute atomic E-state index is 12.3. The van der Waals surface area contributed by atoms with Crippen molar-refractivity contribution in [3.8, 4) is 0 Å². The monoisotopic (exact) mass is 207 g/mol. The van der Waals surface area contributed by atoms with E-state index in [9.17, 15) is 8.78 Å². The van der Waals surface area contributed by atoms with Crippen LogP contribution in [0.3, 0.4) is 0 Å². The van der Waals surface area contributed by atoms with Crippen molar-refractivity contribution in [1.29, 1.82) is 0 Å². The van der Waals surface area contributed by atoms with Gasteiger partial charge in [-0.15, -0.1) is 0 Å². The van der Waals surface area contributed by atoms with Gasteiger partial charge in [-0.2, -0.15) is 0 Å². The molecule has 1 N–H and O–H groups in total. The van der Waals surface area contributed by atoms with Crippen molar-refractivity contribution >= 4 is 0 Å². The molecular weight excluding hydrogens is 188 g/mol. The van der Waals surface area contributed by atoms with Crippen molar-refractivity contribution in [3.63, 3.8) is 0 Å². The van der Waals surface area contributed by atoms with Crippen molar-refractivity contribution in [2.24, 2.45) is 0 Å². The molecule has 14 heavy (non-hydrogen) atoms. The fourth-order valence-corrected chi connectivity index (χ4v) is 1.83. The summed E-state index contributed by atoms with van der Waals surface area (Å²) in [6.07, 6.45) is 2.56. The second-order valence-corrected chi connectivity index (χ2v) is 3.80. The molecule has 0 aromatic rings. The first kappa shape index (κ1) is 11.9. The lowest BCUT2D eigenvalue weighted by molar-refractivity contribution is 0.0831. The van der Waals surface area contributed by atoms with Gasteiger partial charge < -0.3 is 10.1 Å². The summed E-state index contributed by atoms with van der Waals surface area (Å²) in [6, 6.07) is -0.656. The summed E-state index contributed by atoms with van der Waals surface area (Å²) < 4.78 is 30.0. The van der Waals surface area contributed by atoms with Crippen LogP contribution in [0.25, 0.3) is 0 Å². The highest BCUT2D eigenvalue weighted by atomic mass is 19.3. The van der Waals surface area contributed by atoms with Crippen LogP contribution in [0.15, 0.2) is 0 Å². The van der Waals surface area contributed by atoms with Crippen LogP contribution in [-0.4, -0.2) is 32.2 Å². The van der Waals surface area contributed by atoms with E-state index in [2.05, 4.69) is 5.32 Å². The molecule has 4 heteroatoms. The van der Waals surface area contributed by atoms with Crippen LogP contribution >= 0.6 is 0 Å². The Hall–Kier alpha value is -0.220. The number of nitrogens with one attached hydrogen (secondary N) is 1.